The van der Waals surface area contributed by atoms with Crippen LogP contribution in [0.15, 0.2) is 47.4 Å². The molecule has 3 N–H and O–H groups in total. The number of thiocarbonyl (C=S) groups is 1. The molecule has 0 spiro atoms. The first-order valence-electron chi connectivity index (χ1n) is 9.84. The molecule has 3 rings (SSSR count). The van der Waals surface area contributed by atoms with Gasteiger partial charge in [0.25, 0.3) is 10.0 Å². The number of hydrogen-bond donors (Lipinski definition) is 3. The molecular formula is C21H27N3O4S2. The molecule has 0 unspecified atom stereocenters. The summed E-state index contributed by atoms with van der Waals surface area (Å²) in [7, 11) is -0.736. The van der Waals surface area contributed by atoms with Crippen molar-refractivity contribution in [3.8, 4) is 11.5 Å². The van der Waals surface area contributed by atoms with Gasteiger partial charge in [-0.2, -0.15) is 0 Å². The van der Waals surface area contributed by atoms with Crippen molar-refractivity contribution >= 4 is 38.7 Å². The van der Waals surface area contributed by atoms with E-state index < -0.39 is 10.0 Å². The highest BCUT2D eigenvalue weighted by Gasteiger charge is 2.18. The van der Waals surface area contributed by atoms with Gasteiger partial charge in [0.2, 0.25) is 0 Å². The maximum absolute atomic E-state index is 12.8. The molecule has 2 aromatic carbocycles. The third kappa shape index (κ3) is 5.76. The summed E-state index contributed by atoms with van der Waals surface area (Å²) in [6, 6.07) is 11.7. The van der Waals surface area contributed by atoms with Gasteiger partial charge in [-0.15, -0.1) is 0 Å². The maximum atomic E-state index is 12.8. The lowest BCUT2D eigenvalue weighted by atomic mass is 9.96. The number of rotatable bonds is 7. The quantitative estimate of drug-likeness (QED) is 0.548. The Balaban J connectivity index is 1.70. The zero-order chi connectivity index (χ0) is 21.6. The van der Waals surface area contributed by atoms with Crippen molar-refractivity contribution in [1.29, 1.82) is 0 Å². The second-order valence-electron chi connectivity index (χ2n) is 7.13. The Hall–Kier alpha value is -2.52. The molecule has 1 saturated carbocycles. The van der Waals surface area contributed by atoms with Gasteiger partial charge in [0.15, 0.2) is 5.11 Å². The Morgan fingerprint density at radius 2 is 1.70 bits per heavy atom. The van der Waals surface area contributed by atoms with Crippen molar-refractivity contribution in [3.05, 3.63) is 42.5 Å². The van der Waals surface area contributed by atoms with E-state index in [4.69, 9.17) is 21.7 Å². The van der Waals surface area contributed by atoms with Crippen molar-refractivity contribution in [2.24, 2.45) is 0 Å². The molecule has 0 saturated heterocycles. The summed E-state index contributed by atoms with van der Waals surface area (Å²) in [6.45, 7) is 0. The van der Waals surface area contributed by atoms with E-state index in [2.05, 4.69) is 15.4 Å². The van der Waals surface area contributed by atoms with Gasteiger partial charge >= 0.3 is 0 Å². The summed E-state index contributed by atoms with van der Waals surface area (Å²) in [5.74, 6) is 1.04. The van der Waals surface area contributed by atoms with Gasteiger partial charge in [0.05, 0.1) is 24.8 Å². The van der Waals surface area contributed by atoms with E-state index in [0.717, 1.165) is 12.8 Å². The highest BCUT2D eigenvalue weighted by Crippen LogP contribution is 2.29. The predicted molar refractivity (Wildman–Crippen MR) is 123 cm³/mol. The fraction of sp³-hybridized carbons (Fsp3) is 0.381. The molecule has 0 bridgehead atoms. The van der Waals surface area contributed by atoms with E-state index in [1.807, 2.05) is 0 Å². The Morgan fingerprint density at radius 3 is 2.33 bits per heavy atom. The lowest BCUT2D eigenvalue weighted by Crippen LogP contribution is -2.38. The van der Waals surface area contributed by atoms with E-state index >= 15 is 0 Å². The SMILES string of the molecule is COc1ccc(NS(=O)(=O)c2ccc(NC(=S)NC3CCCCC3)c(OC)c2)cc1. The lowest BCUT2D eigenvalue weighted by Gasteiger charge is -2.24. The van der Waals surface area contributed by atoms with Gasteiger partial charge in [-0.05, 0) is 61.5 Å². The molecule has 0 amide bonds. The largest absolute Gasteiger partial charge is 0.497 e. The molecule has 30 heavy (non-hydrogen) atoms. The summed E-state index contributed by atoms with van der Waals surface area (Å²) in [6.07, 6.45) is 5.89. The monoisotopic (exact) mass is 449 g/mol. The van der Waals surface area contributed by atoms with Crippen LogP contribution < -0.4 is 24.8 Å². The Morgan fingerprint density at radius 1 is 1.00 bits per heavy atom. The molecule has 1 fully saturated rings. The minimum absolute atomic E-state index is 0.0897. The van der Waals surface area contributed by atoms with E-state index in [1.54, 1.807) is 37.4 Å². The van der Waals surface area contributed by atoms with Crippen molar-refractivity contribution in [2.75, 3.05) is 24.3 Å². The summed E-state index contributed by atoms with van der Waals surface area (Å²) < 4.78 is 38.6. The molecular weight excluding hydrogens is 422 g/mol. The minimum Gasteiger partial charge on any atom is -0.497 e. The smallest absolute Gasteiger partial charge is 0.262 e. The van der Waals surface area contributed by atoms with Crippen LogP contribution in [-0.2, 0) is 10.0 Å². The average molecular weight is 450 g/mol. The van der Waals surface area contributed by atoms with Crippen molar-refractivity contribution < 1.29 is 17.9 Å². The van der Waals surface area contributed by atoms with Gasteiger partial charge in [-0.25, -0.2) is 8.42 Å². The summed E-state index contributed by atoms with van der Waals surface area (Å²) in [5.41, 5.74) is 1.05. The molecule has 162 valence electrons. The predicted octanol–water partition coefficient (Wildman–Crippen LogP) is 4.12. The fourth-order valence-electron chi connectivity index (χ4n) is 3.41. The van der Waals surface area contributed by atoms with E-state index in [0.29, 0.717) is 34.0 Å². The van der Waals surface area contributed by atoms with Crippen LogP contribution in [0, 0.1) is 0 Å². The molecule has 1 aliphatic carbocycles. The molecule has 2 aromatic rings. The van der Waals surface area contributed by atoms with Crippen molar-refractivity contribution in [3.63, 3.8) is 0 Å². The van der Waals surface area contributed by atoms with E-state index in [-0.39, 0.29) is 4.90 Å². The first-order valence-corrected chi connectivity index (χ1v) is 11.7. The van der Waals surface area contributed by atoms with Crippen LogP contribution in [0.2, 0.25) is 0 Å². The Labute approximate surface area is 183 Å². The molecule has 0 aromatic heterocycles. The van der Waals surface area contributed by atoms with Crippen LogP contribution in [0.3, 0.4) is 0 Å². The third-order valence-electron chi connectivity index (χ3n) is 5.01. The number of sulfonamides is 1. The highest BCUT2D eigenvalue weighted by molar-refractivity contribution is 7.92. The topological polar surface area (TPSA) is 88.7 Å². The first-order chi connectivity index (χ1) is 14.4. The first kappa shape index (κ1) is 22.2. The average Bonchev–Trinajstić information content (AvgIpc) is 2.75. The fourth-order valence-corrected chi connectivity index (χ4v) is 4.76. The molecule has 0 radical (unpaired) electrons. The Kier molecular flexibility index (Phi) is 7.38. The summed E-state index contributed by atoms with van der Waals surface area (Å²) in [5, 5.41) is 6.95. The van der Waals surface area contributed by atoms with Gasteiger partial charge < -0.3 is 20.1 Å². The second kappa shape index (κ2) is 9.99. The number of hydrogen-bond acceptors (Lipinski definition) is 5. The van der Waals surface area contributed by atoms with Crippen molar-refractivity contribution in [1.82, 2.24) is 5.32 Å². The van der Waals surface area contributed by atoms with Gasteiger partial charge in [0, 0.05) is 17.8 Å². The van der Waals surface area contributed by atoms with Crippen molar-refractivity contribution in [2.45, 2.75) is 43.0 Å². The van der Waals surface area contributed by atoms with E-state index in [1.165, 1.54) is 38.5 Å². The Bertz CT molecular complexity index is 972. The maximum Gasteiger partial charge on any atom is 0.262 e. The number of ether oxygens (including phenoxy) is 2. The number of benzene rings is 2. The molecule has 7 nitrogen and oxygen atoms in total. The van der Waals surface area contributed by atoms with Crippen LogP contribution in [-0.4, -0.2) is 33.8 Å². The molecule has 1 aliphatic rings. The molecule has 9 heteroatoms. The third-order valence-corrected chi connectivity index (χ3v) is 6.61. The second-order valence-corrected chi connectivity index (χ2v) is 9.22. The number of methoxy groups -OCH3 is 2. The minimum atomic E-state index is -3.78. The molecule has 0 atom stereocenters. The standard InChI is InChI=1S/C21H27N3O4S2/c1-27-17-10-8-16(9-11-17)24-30(25,26)18-12-13-19(20(14-18)28-2)23-21(29)22-15-6-4-3-5-7-15/h8-15,24H,3-7H2,1-2H3,(H2,22,23,29). The van der Waals surface area contributed by atoms with Crippen LogP contribution in [0.4, 0.5) is 11.4 Å². The van der Waals surface area contributed by atoms with Gasteiger partial charge in [-0.3, -0.25) is 4.72 Å². The highest BCUT2D eigenvalue weighted by atomic mass is 32.2. The lowest BCUT2D eigenvalue weighted by molar-refractivity contribution is 0.412. The van der Waals surface area contributed by atoms with E-state index in [9.17, 15) is 8.42 Å². The van der Waals surface area contributed by atoms with Gasteiger partial charge in [0.1, 0.15) is 11.5 Å². The summed E-state index contributed by atoms with van der Waals surface area (Å²) in [4.78, 5) is 0.0897. The van der Waals surface area contributed by atoms with Crippen LogP contribution in [0.1, 0.15) is 32.1 Å². The zero-order valence-electron chi connectivity index (χ0n) is 17.1. The van der Waals surface area contributed by atoms with Gasteiger partial charge in [-0.1, -0.05) is 19.3 Å². The number of nitrogens with one attached hydrogen (secondary N) is 3. The molecule has 0 aliphatic heterocycles. The normalized spacial score (nSPS) is 14.6. The van der Waals surface area contributed by atoms with Crippen LogP contribution in [0.5, 0.6) is 11.5 Å². The summed E-state index contributed by atoms with van der Waals surface area (Å²) >= 11 is 5.42. The van der Waals surface area contributed by atoms with Crippen LogP contribution in [0.25, 0.3) is 0 Å². The number of anilines is 2. The zero-order valence-corrected chi connectivity index (χ0v) is 18.7. The van der Waals surface area contributed by atoms with Crippen LogP contribution >= 0.6 is 12.2 Å². The molecule has 0 heterocycles.